The summed E-state index contributed by atoms with van der Waals surface area (Å²) in [6, 6.07) is 7.46. The van der Waals surface area contributed by atoms with Crippen molar-refractivity contribution in [2.45, 2.75) is 19.3 Å². The van der Waals surface area contributed by atoms with Crippen LogP contribution in [0.3, 0.4) is 0 Å². The van der Waals surface area contributed by atoms with Crippen LogP contribution in [0.1, 0.15) is 19.3 Å². The third-order valence-electron chi connectivity index (χ3n) is 3.18. The third kappa shape index (κ3) is 2.13. The van der Waals surface area contributed by atoms with Gasteiger partial charge in [-0.25, -0.2) is 0 Å². The highest BCUT2D eigenvalue weighted by Gasteiger charge is 2.43. The maximum absolute atomic E-state index is 12.0. The molecule has 1 aromatic carbocycles. The Morgan fingerprint density at radius 1 is 1.50 bits per heavy atom. The fourth-order valence-electron chi connectivity index (χ4n) is 1.89. The lowest BCUT2D eigenvalue weighted by atomic mass is 9.68. The van der Waals surface area contributed by atoms with Crippen LogP contribution in [0.2, 0.25) is 0 Å². The van der Waals surface area contributed by atoms with Gasteiger partial charge in [-0.05, 0) is 31.0 Å². The molecular formula is C12H14BrNO2. The minimum atomic E-state index is -0.539. The molecule has 4 heteroatoms. The van der Waals surface area contributed by atoms with Crippen LogP contribution in [0, 0.1) is 5.41 Å². The molecule has 0 aliphatic heterocycles. The number of amides is 1. The Bertz CT molecular complexity index is 396. The monoisotopic (exact) mass is 283 g/mol. The fraction of sp³-hybridized carbons (Fsp3) is 0.417. The standard InChI is InChI=1S/C12H14BrNO2/c13-9-3-1-4-10(7-9)14-11(16)12(8-15)5-2-6-12/h1,3-4,7,15H,2,5-6,8H2,(H,14,16). The molecule has 0 spiro atoms. The molecule has 1 saturated carbocycles. The molecule has 0 radical (unpaired) electrons. The molecule has 16 heavy (non-hydrogen) atoms. The quantitative estimate of drug-likeness (QED) is 0.896. The second-order valence-electron chi connectivity index (χ2n) is 4.26. The van der Waals surface area contributed by atoms with Gasteiger partial charge in [-0.2, -0.15) is 0 Å². The number of hydrogen-bond acceptors (Lipinski definition) is 2. The summed E-state index contributed by atoms with van der Waals surface area (Å²) in [5.74, 6) is -0.0700. The maximum atomic E-state index is 12.0. The van der Waals surface area contributed by atoms with Gasteiger partial charge >= 0.3 is 0 Å². The van der Waals surface area contributed by atoms with Gasteiger partial charge in [0.15, 0.2) is 0 Å². The number of aliphatic hydroxyl groups excluding tert-OH is 1. The number of anilines is 1. The van der Waals surface area contributed by atoms with Gasteiger partial charge in [-0.15, -0.1) is 0 Å². The largest absolute Gasteiger partial charge is 0.395 e. The summed E-state index contributed by atoms with van der Waals surface area (Å²) in [5, 5.41) is 12.1. The number of rotatable bonds is 3. The van der Waals surface area contributed by atoms with Gasteiger partial charge in [-0.1, -0.05) is 28.4 Å². The van der Waals surface area contributed by atoms with Crippen LogP contribution in [0.25, 0.3) is 0 Å². The van der Waals surface area contributed by atoms with E-state index in [9.17, 15) is 9.90 Å². The summed E-state index contributed by atoms with van der Waals surface area (Å²) in [4.78, 5) is 12.0. The first-order chi connectivity index (χ1) is 7.66. The van der Waals surface area contributed by atoms with Crippen molar-refractivity contribution in [3.63, 3.8) is 0 Å². The molecule has 86 valence electrons. The fourth-order valence-corrected chi connectivity index (χ4v) is 2.29. The minimum Gasteiger partial charge on any atom is -0.395 e. The number of nitrogens with one attached hydrogen (secondary N) is 1. The van der Waals surface area contributed by atoms with Gasteiger partial charge in [0.05, 0.1) is 12.0 Å². The molecule has 1 amide bonds. The Balaban J connectivity index is 2.07. The van der Waals surface area contributed by atoms with E-state index in [1.165, 1.54) is 0 Å². The summed E-state index contributed by atoms with van der Waals surface area (Å²) in [6.07, 6.45) is 2.58. The van der Waals surface area contributed by atoms with Crippen molar-refractivity contribution in [3.05, 3.63) is 28.7 Å². The van der Waals surface area contributed by atoms with Crippen molar-refractivity contribution in [2.24, 2.45) is 5.41 Å². The van der Waals surface area contributed by atoms with Crippen molar-refractivity contribution >= 4 is 27.5 Å². The normalized spacial score (nSPS) is 17.6. The average Bonchev–Trinajstić information content (AvgIpc) is 2.16. The van der Waals surface area contributed by atoms with Gasteiger partial charge in [0, 0.05) is 10.2 Å². The van der Waals surface area contributed by atoms with E-state index in [-0.39, 0.29) is 12.5 Å². The highest BCUT2D eigenvalue weighted by atomic mass is 79.9. The van der Waals surface area contributed by atoms with E-state index in [4.69, 9.17) is 0 Å². The zero-order valence-electron chi connectivity index (χ0n) is 8.87. The Labute approximate surface area is 103 Å². The van der Waals surface area contributed by atoms with Crippen molar-refractivity contribution in [1.29, 1.82) is 0 Å². The van der Waals surface area contributed by atoms with Crippen molar-refractivity contribution in [3.8, 4) is 0 Å². The zero-order valence-corrected chi connectivity index (χ0v) is 10.5. The predicted molar refractivity (Wildman–Crippen MR) is 66.1 cm³/mol. The summed E-state index contributed by atoms with van der Waals surface area (Å²) >= 11 is 3.35. The lowest BCUT2D eigenvalue weighted by Crippen LogP contribution is -2.44. The molecule has 1 fully saturated rings. The predicted octanol–water partition coefficient (Wildman–Crippen LogP) is 2.55. The first-order valence-corrected chi connectivity index (χ1v) is 6.13. The highest BCUT2D eigenvalue weighted by molar-refractivity contribution is 9.10. The van der Waals surface area contributed by atoms with Crippen molar-refractivity contribution in [2.75, 3.05) is 11.9 Å². The molecule has 0 atom stereocenters. The van der Waals surface area contributed by atoms with E-state index in [0.29, 0.717) is 0 Å². The van der Waals surface area contributed by atoms with E-state index >= 15 is 0 Å². The molecule has 2 N–H and O–H groups in total. The first kappa shape index (κ1) is 11.6. The van der Waals surface area contributed by atoms with Crippen LogP contribution >= 0.6 is 15.9 Å². The summed E-state index contributed by atoms with van der Waals surface area (Å²) < 4.78 is 0.928. The summed E-state index contributed by atoms with van der Waals surface area (Å²) in [5.41, 5.74) is 0.224. The van der Waals surface area contributed by atoms with Gasteiger partial charge < -0.3 is 10.4 Å². The Hall–Kier alpha value is -0.870. The molecule has 0 heterocycles. The molecule has 0 aromatic heterocycles. The van der Waals surface area contributed by atoms with Gasteiger partial charge in [0.25, 0.3) is 0 Å². The van der Waals surface area contributed by atoms with E-state index < -0.39 is 5.41 Å². The van der Waals surface area contributed by atoms with E-state index in [2.05, 4.69) is 21.2 Å². The van der Waals surface area contributed by atoms with Crippen molar-refractivity contribution < 1.29 is 9.90 Å². The van der Waals surface area contributed by atoms with Crippen LogP contribution in [-0.2, 0) is 4.79 Å². The first-order valence-electron chi connectivity index (χ1n) is 5.34. The van der Waals surface area contributed by atoms with Crippen LogP contribution < -0.4 is 5.32 Å². The smallest absolute Gasteiger partial charge is 0.232 e. The minimum absolute atomic E-state index is 0.0627. The van der Waals surface area contributed by atoms with Crippen LogP contribution in [0.4, 0.5) is 5.69 Å². The lowest BCUT2D eigenvalue weighted by Gasteiger charge is -2.38. The molecule has 2 rings (SSSR count). The second-order valence-corrected chi connectivity index (χ2v) is 5.17. The molecule has 3 nitrogen and oxygen atoms in total. The third-order valence-corrected chi connectivity index (χ3v) is 3.67. The van der Waals surface area contributed by atoms with E-state index in [1.807, 2.05) is 24.3 Å². The number of aliphatic hydroxyl groups is 1. The van der Waals surface area contributed by atoms with Gasteiger partial charge in [-0.3, -0.25) is 4.79 Å². The maximum Gasteiger partial charge on any atom is 0.232 e. The lowest BCUT2D eigenvalue weighted by molar-refractivity contribution is -0.133. The van der Waals surface area contributed by atoms with E-state index in [0.717, 1.165) is 29.4 Å². The Kier molecular flexibility index (Phi) is 3.30. The number of hydrogen-bond donors (Lipinski definition) is 2. The Morgan fingerprint density at radius 2 is 2.25 bits per heavy atom. The van der Waals surface area contributed by atoms with Crippen LogP contribution in [-0.4, -0.2) is 17.6 Å². The summed E-state index contributed by atoms with van der Waals surface area (Å²) in [6.45, 7) is -0.0627. The molecule has 0 bridgehead atoms. The van der Waals surface area contributed by atoms with Crippen LogP contribution in [0.5, 0.6) is 0 Å². The van der Waals surface area contributed by atoms with Gasteiger partial charge in [0.2, 0.25) is 5.91 Å². The number of carbonyl (C=O) groups is 1. The number of benzene rings is 1. The molecule has 0 saturated heterocycles. The van der Waals surface area contributed by atoms with Gasteiger partial charge in [0.1, 0.15) is 0 Å². The summed E-state index contributed by atoms with van der Waals surface area (Å²) in [7, 11) is 0. The average molecular weight is 284 g/mol. The molecule has 0 unspecified atom stereocenters. The number of carbonyl (C=O) groups excluding carboxylic acids is 1. The van der Waals surface area contributed by atoms with Crippen LogP contribution in [0.15, 0.2) is 28.7 Å². The molecule has 1 aliphatic rings. The molecule has 1 aliphatic carbocycles. The second kappa shape index (κ2) is 4.55. The SMILES string of the molecule is O=C(Nc1cccc(Br)c1)C1(CO)CCC1. The molecular weight excluding hydrogens is 270 g/mol. The van der Waals surface area contributed by atoms with E-state index in [1.54, 1.807) is 0 Å². The van der Waals surface area contributed by atoms with Crippen molar-refractivity contribution in [1.82, 2.24) is 0 Å². The number of halogens is 1. The molecule has 1 aromatic rings. The highest BCUT2D eigenvalue weighted by Crippen LogP contribution is 2.41. The Morgan fingerprint density at radius 3 is 2.75 bits per heavy atom. The topological polar surface area (TPSA) is 49.3 Å². The zero-order chi connectivity index (χ0) is 11.6.